The van der Waals surface area contributed by atoms with Gasteiger partial charge in [-0.1, -0.05) is 23.7 Å². The van der Waals surface area contributed by atoms with Gasteiger partial charge >= 0.3 is 0 Å². The van der Waals surface area contributed by atoms with E-state index in [0.717, 1.165) is 11.1 Å². The van der Waals surface area contributed by atoms with Crippen molar-refractivity contribution in [3.63, 3.8) is 0 Å². The zero-order chi connectivity index (χ0) is 12.9. The van der Waals surface area contributed by atoms with Crippen LogP contribution >= 0.6 is 11.6 Å². The van der Waals surface area contributed by atoms with Crippen molar-refractivity contribution >= 4 is 33.5 Å². The first-order chi connectivity index (χ1) is 8.59. The molecule has 3 rings (SSSR count). The van der Waals surface area contributed by atoms with E-state index in [9.17, 15) is 4.79 Å². The summed E-state index contributed by atoms with van der Waals surface area (Å²) in [5.74, 6) is 0. The number of benzene rings is 2. The summed E-state index contributed by atoms with van der Waals surface area (Å²) in [5, 5.41) is 1.60. The van der Waals surface area contributed by atoms with Crippen molar-refractivity contribution in [1.29, 1.82) is 0 Å². The molecule has 0 amide bonds. The number of fused-ring (bicyclic) bond motifs is 2. The van der Waals surface area contributed by atoms with E-state index >= 15 is 0 Å². The summed E-state index contributed by atoms with van der Waals surface area (Å²) in [5.41, 5.74) is 3.13. The number of rotatable bonds is 0. The third-order valence-corrected chi connectivity index (χ3v) is 3.63. The monoisotopic (exact) mass is 258 g/mol. The molecule has 3 aromatic rings. The summed E-state index contributed by atoms with van der Waals surface area (Å²) < 4.78 is 5.84. The van der Waals surface area contributed by atoms with Gasteiger partial charge in [0, 0.05) is 0 Å². The lowest BCUT2D eigenvalue weighted by atomic mass is 10.0. The molecule has 0 saturated carbocycles. The smallest absolute Gasteiger partial charge is 0.200 e. The van der Waals surface area contributed by atoms with Gasteiger partial charge < -0.3 is 4.42 Å². The van der Waals surface area contributed by atoms with Crippen LogP contribution in [0.5, 0.6) is 0 Å². The van der Waals surface area contributed by atoms with Crippen LogP contribution in [-0.2, 0) is 0 Å². The Kier molecular flexibility index (Phi) is 2.42. The van der Waals surface area contributed by atoms with Crippen LogP contribution < -0.4 is 5.43 Å². The Morgan fingerprint density at radius 1 is 1.00 bits per heavy atom. The molecule has 0 unspecified atom stereocenters. The van der Waals surface area contributed by atoms with E-state index in [4.69, 9.17) is 16.0 Å². The van der Waals surface area contributed by atoms with Gasteiger partial charge in [-0.2, -0.15) is 0 Å². The molecular formula is C15H11ClO2. The van der Waals surface area contributed by atoms with Crippen LogP contribution in [-0.4, -0.2) is 0 Å². The molecule has 0 atom stereocenters. The van der Waals surface area contributed by atoms with E-state index < -0.39 is 0 Å². The molecule has 90 valence electrons. The second-order valence-electron chi connectivity index (χ2n) is 4.43. The fourth-order valence-corrected chi connectivity index (χ4v) is 2.35. The Morgan fingerprint density at radius 3 is 2.50 bits per heavy atom. The molecule has 0 aliphatic heterocycles. The summed E-state index contributed by atoms with van der Waals surface area (Å²) in [6.45, 7) is 3.94. The Balaban J connectivity index is 2.66. The fourth-order valence-electron chi connectivity index (χ4n) is 2.14. The largest absolute Gasteiger partial charge is 0.454 e. The fraction of sp³-hybridized carbons (Fsp3) is 0.133. The summed E-state index contributed by atoms with van der Waals surface area (Å²) in [7, 11) is 0. The molecule has 3 heteroatoms. The van der Waals surface area contributed by atoms with Gasteiger partial charge in [0.05, 0.1) is 15.8 Å². The maximum Gasteiger partial charge on any atom is 0.200 e. The summed E-state index contributed by atoms with van der Waals surface area (Å²) >= 11 is 6.09. The molecule has 0 radical (unpaired) electrons. The molecular weight excluding hydrogens is 248 g/mol. The van der Waals surface area contributed by atoms with Crippen LogP contribution in [0.4, 0.5) is 0 Å². The average molecular weight is 259 g/mol. The van der Waals surface area contributed by atoms with Gasteiger partial charge in [-0.25, -0.2) is 0 Å². The molecule has 2 nitrogen and oxygen atoms in total. The molecule has 0 aliphatic carbocycles. The Bertz CT molecular complexity index is 831. The minimum atomic E-state index is -0.0307. The predicted octanol–water partition coefficient (Wildman–Crippen LogP) is 4.22. The van der Waals surface area contributed by atoms with Gasteiger partial charge in [0.2, 0.25) is 5.43 Å². The molecule has 0 saturated heterocycles. The van der Waals surface area contributed by atoms with Gasteiger partial charge in [0.15, 0.2) is 5.58 Å². The lowest BCUT2D eigenvalue weighted by Crippen LogP contribution is -2.03. The van der Waals surface area contributed by atoms with Crippen LogP contribution in [0.15, 0.2) is 39.5 Å². The standard InChI is InChI=1S/C15H11ClO2/c1-8-6-7-11-13(17)10-4-3-5-12(16)15(10)18-14(11)9(8)2/h3-7H,1-2H3. The molecule has 18 heavy (non-hydrogen) atoms. The summed E-state index contributed by atoms with van der Waals surface area (Å²) in [6.07, 6.45) is 0. The van der Waals surface area contributed by atoms with Crippen LogP contribution in [0.2, 0.25) is 5.02 Å². The Morgan fingerprint density at radius 2 is 1.72 bits per heavy atom. The zero-order valence-corrected chi connectivity index (χ0v) is 10.8. The van der Waals surface area contributed by atoms with Gasteiger partial charge in [-0.3, -0.25) is 4.79 Å². The number of halogens is 1. The summed E-state index contributed by atoms with van der Waals surface area (Å²) in [4.78, 5) is 12.4. The highest BCUT2D eigenvalue weighted by molar-refractivity contribution is 6.34. The Labute approximate surface area is 109 Å². The first kappa shape index (κ1) is 11.3. The molecule has 0 fully saturated rings. The van der Waals surface area contributed by atoms with Crippen molar-refractivity contribution in [3.05, 3.63) is 56.7 Å². The third kappa shape index (κ3) is 1.46. The predicted molar refractivity (Wildman–Crippen MR) is 74.5 cm³/mol. The van der Waals surface area contributed by atoms with E-state index in [-0.39, 0.29) is 5.43 Å². The number of aryl methyl sites for hydroxylation is 2. The average Bonchev–Trinajstić information content (AvgIpc) is 2.36. The summed E-state index contributed by atoms with van der Waals surface area (Å²) in [6, 6.07) is 8.97. The van der Waals surface area contributed by atoms with Gasteiger partial charge in [0.1, 0.15) is 5.58 Å². The first-order valence-electron chi connectivity index (χ1n) is 5.71. The van der Waals surface area contributed by atoms with Crippen LogP contribution in [0.3, 0.4) is 0 Å². The maximum atomic E-state index is 12.4. The van der Waals surface area contributed by atoms with Crippen molar-refractivity contribution in [1.82, 2.24) is 0 Å². The van der Waals surface area contributed by atoms with E-state index in [1.54, 1.807) is 18.2 Å². The van der Waals surface area contributed by atoms with Crippen LogP contribution in [0.25, 0.3) is 21.9 Å². The third-order valence-electron chi connectivity index (χ3n) is 3.34. The molecule has 0 N–H and O–H groups in total. The van der Waals surface area contributed by atoms with E-state index in [0.29, 0.717) is 27.0 Å². The Hall–Kier alpha value is -1.80. The molecule has 2 aromatic carbocycles. The normalized spacial score (nSPS) is 11.3. The molecule has 0 spiro atoms. The quantitative estimate of drug-likeness (QED) is 0.565. The highest BCUT2D eigenvalue weighted by Gasteiger charge is 2.12. The van der Waals surface area contributed by atoms with Crippen molar-refractivity contribution in [2.24, 2.45) is 0 Å². The molecule has 1 aromatic heterocycles. The number of hydrogen-bond donors (Lipinski definition) is 0. The van der Waals surface area contributed by atoms with Crippen LogP contribution in [0.1, 0.15) is 11.1 Å². The van der Waals surface area contributed by atoms with E-state index in [1.165, 1.54) is 0 Å². The lowest BCUT2D eigenvalue weighted by molar-refractivity contribution is 0.656. The number of hydrogen-bond acceptors (Lipinski definition) is 2. The maximum absolute atomic E-state index is 12.4. The van der Waals surface area contributed by atoms with E-state index in [1.807, 2.05) is 26.0 Å². The second-order valence-corrected chi connectivity index (χ2v) is 4.84. The van der Waals surface area contributed by atoms with Crippen molar-refractivity contribution < 1.29 is 4.42 Å². The van der Waals surface area contributed by atoms with Crippen LogP contribution in [0, 0.1) is 13.8 Å². The minimum absolute atomic E-state index is 0.0307. The molecule has 0 bridgehead atoms. The van der Waals surface area contributed by atoms with E-state index in [2.05, 4.69) is 0 Å². The van der Waals surface area contributed by atoms with Crippen molar-refractivity contribution in [2.75, 3.05) is 0 Å². The van der Waals surface area contributed by atoms with Crippen molar-refractivity contribution in [2.45, 2.75) is 13.8 Å². The SMILES string of the molecule is Cc1ccc2c(=O)c3cccc(Cl)c3oc2c1C. The highest BCUT2D eigenvalue weighted by Crippen LogP contribution is 2.27. The van der Waals surface area contributed by atoms with Gasteiger partial charge in [-0.05, 0) is 43.2 Å². The van der Waals surface area contributed by atoms with Gasteiger partial charge in [0.25, 0.3) is 0 Å². The molecule has 0 aliphatic rings. The van der Waals surface area contributed by atoms with Gasteiger partial charge in [-0.15, -0.1) is 0 Å². The van der Waals surface area contributed by atoms with Crippen molar-refractivity contribution in [3.8, 4) is 0 Å². The first-order valence-corrected chi connectivity index (χ1v) is 6.08. The second kappa shape index (κ2) is 3.85. The highest BCUT2D eigenvalue weighted by atomic mass is 35.5. The minimum Gasteiger partial charge on any atom is -0.454 e. The molecule has 1 heterocycles. The lowest BCUT2D eigenvalue weighted by Gasteiger charge is -2.06. The number of para-hydroxylation sites is 1. The zero-order valence-electron chi connectivity index (χ0n) is 10.1. The topological polar surface area (TPSA) is 30.2 Å².